The highest BCUT2D eigenvalue weighted by Crippen LogP contribution is 2.18. The third-order valence-electron chi connectivity index (χ3n) is 7.29. The van der Waals surface area contributed by atoms with Crippen LogP contribution in [0.25, 0.3) is 22.8 Å². The number of H-pyrrole nitrogens is 2. The SMILES string of the molecule is N.O=C(O)CN1CCN(C(=O)CNC(=O)c2ccc(-c3nc(=O)o[nH]3)cc2)[C@@H](CCCNC(=O)c2ccc(-c3nc(=O)o[nH]3)cc2)C1=O. The summed E-state index contributed by atoms with van der Waals surface area (Å²) in [5, 5.41) is 19.2. The van der Waals surface area contributed by atoms with Crippen LogP contribution in [-0.4, -0.2) is 104 Å². The van der Waals surface area contributed by atoms with Gasteiger partial charge in [-0.15, -0.1) is 0 Å². The summed E-state index contributed by atoms with van der Waals surface area (Å²) in [4.78, 5) is 95.1. The summed E-state index contributed by atoms with van der Waals surface area (Å²) in [5.41, 5.74) is 1.59. The number of nitrogens with one attached hydrogen (secondary N) is 4. The van der Waals surface area contributed by atoms with Crippen molar-refractivity contribution in [2.24, 2.45) is 0 Å². The van der Waals surface area contributed by atoms with Crippen LogP contribution in [-0.2, 0) is 14.4 Å². The van der Waals surface area contributed by atoms with Gasteiger partial charge in [-0.25, -0.2) is 9.59 Å². The number of benzene rings is 2. The van der Waals surface area contributed by atoms with Gasteiger partial charge in [0.15, 0.2) is 11.6 Å². The zero-order valence-electron chi connectivity index (χ0n) is 25.3. The lowest BCUT2D eigenvalue weighted by atomic mass is 10.0. The van der Waals surface area contributed by atoms with Crippen LogP contribution in [0, 0.1) is 0 Å². The molecule has 1 atom stereocenters. The van der Waals surface area contributed by atoms with Gasteiger partial charge in [-0.3, -0.25) is 24.0 Å². The van der Waals surface area contributed by atoms with Gasteiger partial charge in [0.2, 0.25) is 11.8 Å². The molecule has 1 fully saturated rings. The third-order valence-corrected chi connectivity index (χ3v) is 7.29. The molecule has 3 heterocycles. The van der Waals surface area contributed by atoms with E-state index in [1.165, 1.54) is 41.3 Å². The Labute approximate surface area is 269 Å². The third kappa shape index (κ3) is 8.26. The molecule has 48 heavy (non-hydrogen) atoms. The second-order valence-electron chi connectivity index (χ2n) is 10.4. The molecule has 1 saturated heterocycles. The maximum Gasteiger partial charge on any atom is 0.460 e. The molecule has 252 valence electrons. The van der Waals surface area contributed by atoms with Crippen LogP contribution in [0.3, 0.4) is 0 Å². The van der Waals surface area contributed by atoms with E-state index >= 15 is 0 Å². The van der Waals surface area contributed by atoms with Crippen molar-refractivity contribution in [1.82, 2.24) is 46.9 Å². The van der Waals surface area contributed by atoms with Gasteiger partial charge in [0, 0.05) is 41.9 Å². The first-order valence-corrected chi connectivity index (χ1v) is 14.3. The minimum Gasteiger partial charge on any atom is -0.480 e. The lowest BCUT2D eigenvalue weighted by Gasteiger charge is -2.40. The van der Waals surface area contributed by atoms with Gasteiger partial charge in [-0.1, -0.05) is 24.3 Å². The second-order valence-corrected chi connectivity index (χ2v) is 10.4. The zero-order chi connectivity index (χ0) is 33.5. The van der Waals surface area contributed by atoms with Crippen LogP contribution in [0.15, 0.2) is 67.2 Å². The van der Waals surface area contributed by atoms with Crippen LogP contribution in [0.4, 0.5) is 0 Å². The van der Waals surface area contributed by atoms with E-state index in [4.69, 9.17) is 0 Å². The Balaban J connectivity index is 0.00000520. The predicted molar refractivity (Wildman–Crippen MR) is 164 cm³/mol. The van der Waals surface area contributed by atoms with Gasteiger partial charge in [0.1, 0.15) is 12.6 Å². The molecule has 0 saturated carbocycles. The highest BCUT2D eigenvalue weighted by Gasteiger charge is 2.37. The fourth-order valence-electron chi connectivity index (χ4n) is 4.96. The van der Waals surface area contributed by atoms with Gasteiger partial charge in [-0.05, 0) is 37.1 Å². The zero-order valence-corrected chi connectivity index (χ0v) is 25.3. The summed E-state index contributed by atoms with van der Waals surface area (Å²) in [6.45, 7) is -0.743. The van der Waals surface area contributed by atoms with E-state index in [1.807, 2.05) is 0 Å². The Morgan fingerprint density at radius 2 is 1.33 bits per heavy atom. The molecular formula is C29H31N9O10. The largest absolute Gasteiger partial charge is 0.480 e. The molecule has 4 aromatic rings. The summed E-state index contributed by atoms with van der Waals surface area (Å²) in [7, 11) is 0. The van der Waals surface area contributed by atoms with Crippen molar-refractivity contribution in [2.45, 2.75) is 18.9 Å². The van der Waals surface area contributed by atoms with E-state index in [1.54, 1.807) is 12.1 Å². The lowest BCUT2D eigenvalue weighted by molar-refractivity contribution is -0.155. The van der Waals surface area contributed by atoms with Crippen LogP contribution in [0.2, 0.25) is 0 Å². The highest BCUT2D eigenvalue weighted by molar-refractivity contribution is 5.98. The molecule has 19 heteroatoms. The summed E-state index contributed by atoms with van der Waals surface area (Å²) >= 11 is 0. The molecule has 0 aliphatic carbocycles. The van der Waals surface area contributed by atoms with Crippen molar-refractivity contribution >= 4 is 29.6 Å². The summed E-state index contributed by atoms with van der Waals surface area (Å²) < 4.78 is 9.08. The monoisotopic (exact) mass is 665 g/mol. The number of carboxylic acid groups (broad SMARTS) is 1. The van der Waals surface area contributed by atoms with Crippen molar-refractivity contribution in [3.8, 4) is 22.8 Å². The maximum atomic E-state index is 13.2. The molecule has 5 rings (SSSR count). The number of aromatic nitrogens is 4. The number of carbonyl (C=O) groups excluding carboxylic acids is 4. The number of aliphatic carboxylic acids is 1. The van der Waals surface area contributed by atoms with Gasteiger partial charge >= 0.3 is 17.5 Å². The Morgan fingerprint density at radius 3 is 1.81 bits per heavy atom. The van der Waals surface area contributed by atoms with Crippen molar-refractivity contribution in [1.29, 1.82) is 0 Å². The molecule has 8 N–H and O–H groups in total. The van der Waals surface area contributed by atoms with Crippen LogP contribution >= 0.6 is 0 Å². The second kappa shape index (κ2) is 15.3. The molecule has 1 aliphatic rings. The summed E-state index contributed by atoms with van der Waals surface area (Å²) in [5.74, 6) is -4.41. The number of amides is 4. The first kappa shape index (κ1) is 34.5. The lowest BCUT2D eigenvalue weighted by Crippen LogP contribution is -2.60. The van der Waals surface area contributed by atoms with Gasteiger partial charge < -0.3 is 40.7 Å². The number of piperazine rings is 1. The molecule has 0 bridgehead atoms. The number of aromatic amines is 2. The average Bonchev–Trinajstić information content (AvgIpc) is 3.71. The molecule has 0 spiro atoms. The molecule has 2 aromatic carbocycles. The Bertz CT molecular complexity index is 1890. The van der Waals surface area contributed by atoms with E-state index in [0.29, 0.717) is 16.7 Å². The topological polar surface area (TPSA) is 289 Å². The fourth-order valence-corrected chi connectivity index (χ4v) is 4.96. The molecule has 0 radical (unpaired) electrons. The number of rotatable bonds is 12. The van der Waals surface area contributed by atoms with Crippen molar-refractivity contribution in [3.05, 3.63) is 80.8 Å². The minimum atomic E-state index is -1.20. The van der Waals surface area contributed by atoms with Crippen molar-refractivity contribution in [2.75, 3.05) is 32.7 Å². The first-order valence-electron chi connectivity index (χ1n) is 14.3. The predicted octanol–water partition coefficient (Wildman–Crippen LogP) is -0.401. The number of hydrogen-bond acceptors (Lipinski definition) is 12. The van der Waals surface area contributed by atoms with E-state index in [-0.39, 0.29) is 55.8 Å². The number of nitrogens with zero attached hydrogens (tertiary/aromatic N) is 4. The van der Waals surface area contributed by atoms with E-state index in [9.17, 15) is 38.7 Å². The Hall–Kier alpha value is -6.37. The molecule has 19 nitrogen and oxygen atoms in total. The average molecular weight is 666 g/mol. The van der Waals surface area contributed by atoms with Crippen LogP contribution in [0.1, 0.15) is 33.6 Å². The number of hydrogen-bond donors (Lipinski definition) is 6. The molecule has 1 aliphatic heterocycles. The summed E-state index contributed by atoms with van der Waals surface area (Å²) in [6, 6.07) is 11.3. The Morgan fingerprint density at radius 1 is 0.812 bits per heavy atom. The van der Waals surface area contributed by atoms with Crippen LogP contribution in [0.5, 0.6) is 0 Å². The fraction of sp³-hybridized carbons (Fsp3) is 0.276. The highest BCUT2D eigenvalue weighted by atomic mass is 16.5. The summed E-state index contributed by atoms with van der Waals surface area (Å²) in [6.07, 6.45) is 0.402. The minimum absolute atomic E-state index is 0. The first-order chi connectivity index (χ1) is 22.6. The standard InChI is InChI=1S/C29H28N8O10.H3N/c38-21(14-31-26(42)19-9-5-17(6-10-19)24-33-29(45)47-35-24)37-13-12-36(15-22(39)40)27(43)20(37)2-1-11-30-25(41)18-7-3-16(4-8-18)23-32-28(44)46-34-23;/h3-10,20H,1-2,11-15H2,(H,30,41)(H,31,42)(H,39,40)(H,32,34,44)(H,33,35,45);1H3/t20-;/m0./s1. The Kier molecular flexibility index (Phi) is 11.0. The molecule has 2 aromatic heterocycles. The number of carbonyl (C=O) groups is 5. The molecule has 4 amide bonds. The van der Waals surface area contributed by atoms with Crippen molar-refractivity contribution < 1.29 is 38.1 Å². The van der Waals surface area contributed by atoms with Crippen LogP contribution < -0.4 is 28.3 Å². The van der Waals surface area contributed by atoms with Crippen molar-refractivity contribution in [3.63, 3.8) is 0 Å². The van der Waals surface area contributed by atoms with Gasteiger partial charge in [-0.2, -0.15) is 20.3 Å². The van der Waals surface area contributed by atoms with E-state index in [0.717, 1.165) is 4.90 Å². The van der Waals surface area contributed by atoms with E-state index < -0.39 is 60.2 Å². The molecular weight excluding hydrogens is 634 g/mol. The number of carboxylic acids is 1. The van der Waals surface area contributed by atoms with Gasteiger partial charge in [0.25, 0.3) is 11.8 Å². The quantitative estimate of drug-likeness (QED) is 0.105. The van der Waals surface area contributed by atoms with Gasteiger partial charge in [0.05, 0.1) is 6.54 Å². The maximum absolute atomic E-state index is 13.2. The molecule has 0 unspecified atom stereocenters. The van der Waals surface area contributed by atoms with E-state index in [2.05, 4.69) is 40.0 Å². The normalized spacial score (nSPS) is 14.2. The smallest absolute Gasteiger partial charge is 0.460 e.